The first-order chi connectivity index (χ1) is 12.0. The van der Waals surface area contributed by atoms with Gasteiger partial charge in [-0.05, 0) is 26.3 Å². The first-order valence-electron chi connectivity index (χ1n) is 8.07. The summed E-state index contributed by atoms with van der Waals surface area (Å²) in [6, 6.07) is -1.57. The summed E-state index contributed by atoms with van der Waals surface area (Å²) in [6.45, 7) is 5.77. The predicted molar refractivity (Wildman–Crippen MR) is 93.4 cm³/mol. The van der Waals surface area contributed by atoms with E-state index in [1.807, 2.05) is 0 Å². The van der Waals surface area contributed by atoms with E-state index in [1.165, 1.54) is 12.3 Å². The number of rotatable bonds is 9. The summed E-state index contributed by atoms with van der Waals surface area (Å²) >= 11 is 0. The second kappa shape index (κ2) is 9.46. The van der Waals surface area contributed by atoms with Crippen molar-refractivity contribution in [1.82, 2.24) is 10.2 Å². The highest BCUT2D eigenvalue weighted by molar-refractivity contribution is 7.88. The number of esters is 1. The van der Waals surface area contributed by atoms with E-state index in [0.29, 0.717) is 5.57 Å². The lowest BCUT2D eigenvalue weighted by atomic mass is 9.89. The molecule has 0 aliphatic carbocycles. The highest BCUT2D eigenvalue weighted by atomic mass is 32.2. The van der Waals surface area contributed by atoms with Crippen molar-refractivity contribution in [2.45, 2.75) is 52.3 Å². The molecule has 3 atom stereocenters. The van der Waals surface area contributed by atoms with Crippen LogP contribution < -0.4 is 5.32 Å². The Balaban J connectivity index is 2.78. The van der Waals surface area contributed by atoms with Gasteiger partial charge in [-0.25, -0.2) is 0 Å². The number of carboxylic acid groups (broad SMARTS) is 1. The highest BCUT2D eigenvalue weighted by Crippen LogP contribution is 2.26. The van der Waals surface area contributed by atoms with Gasteiger partial charge in [-0.15, -0.1) is 0 Å². The number of nitrogens with zero attached hydrogens (tertiary/aromatic N) is 1. The Kier molecular flexibility index (Phi) is 7.94. The van der Waals surface area contributed by atoms with E-state index < -0.39 is 53.2 Å². The third-order valence-electron chi connectivity index (χ3n) is 3.52. The van der Waals surface area contributed by atoms with Crippen molar-refractivity contribution in [3.8, 4) is 0 Å². The van der Waals surface area contributed by atoms with Gasteiger partial charge in [0, 0.05) is 28.9 Å². The summed E-state index contributed by atoms with van der Waals surface area (Å²) in [4.78, 5) is 46.8. The number of likely N-dealkylation sites (tertiary alicyclic amines) is 1. The SMILES string of the molecule is CC(=O)NC1C(=O)N(CC(=O)O)C1C(C)=CS(=O)CCC(=O)OC(C)C. The summed E-state index contributed by atoms with van der Waals surface area (Å²) in [7, 11) is -1.50. The molecule has 1 saturated heterocycles. The van der Waals surface area contributed by atoms with Crippen molar-refractivity contribution in [2.24, 2.45) is 0 Å². The first kappa shape index (κ1) is 21.8. The Labute approximate surface area is 154 Å². The number of carbonyl (C=O) groups is 4. The average Bonchev–Trinajstić information content (AvgIpc) is 2.49. The standard InChI is InChI=1S/C16H24N2O7S/c1-9(2)25-13(22)5-6-26(24)8-10(3)15-14(17-11(4)19)16(23)18(15)7-12(20)21/h8-9,14-15H,5-7H2,1-4H3,(H,17,19)(H,20,21). The van der Waals surface area contributed by atoms with Crippen LogP contribution in [0.3, 0.4) is 0 Å². The lowest BCUT2D eigenvalue weighted by Crippen LogP contribution is -2.71. The molecular weight excluding hydrogens is 364 g/mol. The maximum Gasteiger partial charge on any atom is 0.323 e. The third-order valence-corrected chi connectivity index (χ3v) is 4.76. The molecular formula is C16H24N2O7S. The molecule has 0 radical (unpaired) electrons. The highest BCUT2D eigenvalue weighted by Gasteiger charge is 2.49. The largest absolute Gasteiger partial charge is 0.480 e. The van der Waals surface area contributed by atoms with Crippen LogP contribution in [0, 0.1) is 0 Å². The number of hydrogen-bond acceptors (Lipinski definition) is 6. The molecule has 1 heterocycles. The monoisotopic (exact) mass is 388 g/mol. The summed E-state index contributed by atoms with van der Waals surface area (Å²) in [5.74, 6) is -2.52. The van der Waals surface area contributed by atoms with E-state index in [0.717, 1.165) is 4.90 Å². The maximum atomic E-state index is 12.1. The average molecular weight is 388 g/mol. The predicted octanol–water partition coefficient (Wildman–Crippen LogP) is -0.219. The zero-order valence-electron chi connectivity index (χ0n) is 15.2. The molecule has 0 bridgehead atoms. The Morgan fingerprint density at radius 1 is 1.35 bits per heavy atom. The topological polar surface area (TPSA) is 130 Å². The molecule has 0 aromatic carbocycles. The molecule has 1 rings (SSSR count). The second-order valence-electron chi connectivity index (χ2n) is 6.22. The number of nitrogens with one attached hydrogen (secondary N) is 1. The minimum absolute atomic E-state index is 0.0217. The van der Waals surface area contributed by atoms with Gasteiger partial charge < -0.3 is 20.1 Å². The molecule has 3 unspecified atom stereocenters. The maximum absolute atomic E-state index is 12.1. The molecule has 1 aliphatic rings. The van der Waals surface area contributed by atoms with Crippen molar-refractivity contribution < 1.29 is 33.2 Å². The summed E-state index contributed by atoms with van der Waals surface area (Å²) in [5, 5.41) is 12.8. The van der Waals surface area contributed by atoms with Gasteiger partial charge in [-0.3, -0.25) is 23.4 Å². The number of hydrogen-bond donors (Lipinski definition) is 2. The molecule has 2 N–H and O–H groups in total. The van der Waals surface area contributed by atoms with Crippen molar-refractivity contribution in [2.75, 3.05) is 12.3 Å². The van der Waals surface area contributed by atoms with E-state index in [9.17, 15) is 23.4 Å². The summed E-state index contributed by atoms with van der Waals surface area (Å²) in [6.07, 6.45) is -0.274. The molecule has 0 saturated carbocycles. The fraction of sp³-hybridized carbons (Fsp3) is 0.625. The number of aliphatic carboxylic acids is 1. The Morgan fingerprint density at radius 3 is 2.46 bits per heavy atom. The Morgan fingerprint density at radius 2 is 1.96 bits per heavy atom. The molecule has 0 spiro atoms. The Bertz CT molecular complexity index is 619. The van der Waals surface area contributed by atoms with Crippen LogP contribution in [0.5, 0.6) is 0 Å². The van der Waals surface area contributed by atoms with Crippen LogP contribution in [0.4, 0.5) is 0 Å². The molecule has 2 amide bonds. The fourth-order valence-corrected chi connectivity index (χ4v) is 3.62. The number of carbonyl (C=O) groups excluding carboxylic acids is 3. The first-order valence-corrected chi connectivity index (χ1v) is 9.45. The second-order valence-corrected chi connectivity index (χ2v) is 7.62. The van der Waals surface area contributed by atoms with Gasteiger partial charge in [-0.1, -0.05) is 0 Å². The molecule has 0 aromatic heterocycles. The van der Waals surface area contributed by atoms with E-state index in [2.05, 4.69) is 5.32 Å². The third kappa shape index (κ3) is 6.25. The number of amides is 2. The molecule has 9 nitrogen and oxygen atoms in total. The number of ether oxygens (including phenoxy) is 1. The van der Waals surface area contributed by atoms with Crippen LogP contribution in [0.15, 0.2) is 11.0 Å². The van der Waals surface area contributed by atoms with Gasteiger partial charge in [0.25, 0.3) is 0 Å². The summed E-state index contributed by atoms with van der Waals surface area (Å²) < 4.78 is 17.1. The van der Waals surface area contributed by atoms with Gasteiger partial charge >= 0.3 is 11.9 Å². The van der Waals surface area contributed by atoms with Crippen LogP contribution in [0.1, 0.15) is 34.1 Å². The quantitative estimate of drug-likeness (QED) is 0.412. The van der Waals surface area contributed by atoms with Crippen LogP contribution in [0.2, 0.25) is 0 Å². The van der Waals surface area contributed by atoms with E-state index in [-0.39, 0.29) is 18.3 Å². The van der Waals surface area contributed by atoms with Crippen molar-refractivity contribution in [3.05, 3.63) is 11.0 Å². The molecule has 1 fully saturated rings. The fourth-order valence-electron chi connectivity index (χ4n) is 2.58. The number of β-lactam (4-membered cyclic amide) rings is 1. The molecule has 146 valence electrons. The van der Waals surface area contributed by atoms with Gasteiger partial charge in [0.05, 0.1) is 18.6 Å². The lowest BCUT2D eigenvalue weighted by Gasteiger charge is -2.46. The molecule has 10 heteroatoms. The van der Waals surface area contributed by atoms with Gasteiger partial charge in [0.2, 0.25) is 11.8 Å². The zero-order valence-corrected chi connectivity index (χ0v) is 16.0. The molecule has 1 aliphatic heterocycles. The van der Waals surface area contributed by atoms with E-state index in [4.69, 9.17) is 9.84 Å². The van der Waals surface area contributed by atoms with Crippen LogP contribution in [-0.2, 0) is 34.7 Å². The van der Waals surface area contributed by atoms with Crippen molar-refractivity contribution >= 4 is 34.6 Å². The number of carboxylic acids is 1. The summed E-state index contributed by atoms with van der Waals surface area (Å²) in [5.41, 5.74) is 0.486. The van der Waals surface area contributed by atoms with Crippen molar-refractivity contribution in [3.63, 3.8) is 0 Å². The minimum Gasteiger partial charge on any atom is -0.480 e. The van der Waals surface area contributed by atoms with Crippen LogP contribution >= 0.6 is 0 Å². The minimum atomic E-state index is -1.50. The zero-order chi connectivity index (χ0) is 20.0. The van der Waals surface area contributed by atoms with Crippen molar-refractivity contribution in [1.29, 1.82) is 0 Å². The Hall–Kier alpha value is -2.23. The van der Waals surface area contributed by atoms with Gasteiger partial charge in [-0.2, -0.15) is 0 Å². The van der Waals surface area contributed by atoms with E-state index in [1.54, 1.807) is 20.8 Å². The van der Waals surface area contributed by atoms with Gasteiger partial charge in [0.1, 0.15) is 12.6 Å². The van der Waals surface area contributed by atoms with Crippen LogP contribution in [0.25, 0.3) is 0 Å². The van der Waals surface area contributed by atoms with Gasteiger partial charge in [0.15, 0.2) is 0 Å². The van der Waals surface area contributed by atoms with Crippen LogP contribution in [-0.4, -0.2) is 68.5 Å². The van der Waals surface area contributed by atoms with E-state index >= 15 is 0 Å². The smallest absolute Gasteiger partial charge is 0.323 e. The molecule has 0 aromatic rings. The lowest BCUT2D eigenvalue weighted by molar-refractivity contribution is -0.157. The normalized spacial score (nSPS) is 21.2. The molecule has 26 heavy (non-hydrogen) atoms.